The van der Waals surface area contributed by atoms with E-state index < -0.39 is 0 Å². The normalized spacial score (nSPS) is 11.7. The Balaban J connectivity index is 1.20. The molecule has 10 heteroatoms. The Hall–Kier alpha value is -5.33. The third-order valence-electron chi connectivity index (χ3n) is 9.04. The standard InChI is InChI=1S/C39H18B5N3OS/c40-31-30(32(41)34(43)35(44)33(31)42)39-46-37(19-7-2-1-3-8-19)45-38(47-39)21-13-15-23-26-17-20(14-16-27(26)48-28(23)18-21)22-10-6-11-25-24-9-4-5-12-29(24)49-36(22)25/h1-18H. The Labute approximate surface area is 292 Å². The molecule has 0 spiro atoms. The molecule has 49 heavy (non-hydrogen) atoms. The van der Waals surface area contributed by atoms with E-state index in [4.69, 9.17) is 58.6 Å². The van der Waals surface area contributed by atoms with Crippen LogP contribution in [0.1, 0.15) is 0 Å². The highest BCUT2D eigenvalue weighted by Crippen LogP contribution is 2.41. The van der Waals surface area contributed by atoms with Crippen molar-refractivity contribution in [2.75, 3.05) is 0 Å². The van der Waals surface area contributed by atoms with E-state index in [1.54, 1.807) is 0 Å². The zero-order valence-electron chi connectivity index (χ0n) is 25.9. The Morgan fingerprint density at radius 1 is 0.449 bits per heavy atom. The lowest BCUT2D eigenvalue weighted by Crippen LogP contribution is -2.55. The maximum Gasteiger partial charge on any atom is 0.164 e. The molecule has 0 aliphatic heterocycles. The molecule has 216 valence electrons. The van der Waals surface area contributed by atoms with Gasteiger partial charge in [-0.3, -0.25) is 0 Å². The van der Waals surface area contributed by atoms with Crippen LogP contribution in [-0.4, -0.2) is 54.2 Å². The fourth-order valence-corrected chi connectivity index (χ4v) is 7.72. The number of thiophene rings is 1. The highest BCUT2D eigenvalue weighted by atomic mass is 32.1. The second-order valence-electron chi connectivity index (χ2n) is 11.9. The third kappa shape index (κ3) is 4.77. The molecular weight excluding hydrogens is 613 g/mol. The first-order chi connectivity index (χ1) is 23.9. The summed E-state index contributed by atoms with van der Waals surface area (Å²) in [5.41, 5.74) is 6.28. The minimum absolute atomic E-state index is 0.121. The van der Waals surface area contributed by atoms with Crippen LogP contribution >= 0.6 is 11.3 Å². The number of hydrogen-bond donors (Lipinski definition) is 0. The molecule has 9 rings (SSSR count). The smallest absolute Gasteiger partial charge is 0.164 e. The molecule has 0 amide bonds. The van der Waals surface area contributed by atoms with Crippen molar-refractivity contribution in [3.63, 3.8) is 0 Å². The van der Waals surface area contributed by atoms with Crippen molar-refractivity contribution in [3.8, 4) is 45.3 Å². The van der Waals surface area contributed by atoms with Crippen molar-refractivity contribution in [2.24, 2.45) is 0 Å². The summed E-state index contributed by atoms with van der Waals surface area (Å²) in [6, 6.07) is 36.9. The van der Waals surface area contributed by atoms with Gasteiger partial charge < -0.3 is 4.42 Å². The van der Waals surface area contributed by atoms with Crippen LogP contribution in [0, 0.1) is 0 Å². The quantitative estimate of drug-likeness (QED) is 0.263. The number of hydrogen-bond acceptors (Lipinski definition) is 5. The number of furan rings is 1. The summed E-state index contributed by atoms with van der Waals surface area (Å²) < 4.78 is 8.94. The topological polar surface area (TPSA) is 51.8 Å². The van der Waals surface area contributed by atoms with E-state index in [0.717, 1.165) is 33.0 Å². The first kappa shape index (κ1) is 29.8. The summed E-state index contributed by atoms with van der Waals surface area (Å²) in [7, 11) is 31.3. The minimum atomic E-state index is 0.121. The Morgan fingerprint density at radius 3 is 1.90 bits per heavy atom. The number of rotatable bonds is 4. The molecule has 0 aliphatic carbocycles. The van der Waals surface area contributed by atoms with Crippen LogP contribution in [-0.2, 0) is 0 Å². The van der Waals surface area contributed by atoms with Gasteiger partial charge in [-0.15, -0.1) is 27.7 Å². The monoisotopic (exact) mass is 631 g/mol. The Kier molecular flexibility index (Phi) is 6.92. The van der Waals surface area contributed by atoms with Crippen molar-refractivity contribution in [3.05, 3.63) is 109 Å². The van der Waals surface area contributed by atoms with Crippen molar-refractivity contribution in [1.29, 1.82) is 0 Å². The number of nitrogens with zero attached hydrogens (tertiary/aromatic N) is 3. The molecule has 0 unspecified atom stereocenters. The molecule has 6 aromatic carbocycles. The highest BCUT2D eigenvalue weighted by Gasteiger charge is 2.19. The fraction of sp³-hybridized carbons (Fsp3) is 0. The predicted molar refractivity (Wildman–Crippen MR) is 209 cm³/mol. The van der Waals surface area contributed by atoms with Crippen LogP contribution in [0.5, 0.6) is 0 Å². The summed E-state index contributed by atoms with van der Waals surface area (Å²) in [5.74, 6) is 1.05. The lowest BCUT2D eigenvalue weighted by molar-refractivity contribution is 0.669. The average molecular weight is 631 g/mol. The zero-order valence-corrected chi connectivity index (χ0v) is 26.8. The maximum atomic E-state index is 6.43. The third-order valence-corrected chi connectivity index (χ3v) is 10.3. The van der Waals surface area contributed by atoms with Crippen LogP contribution in [0.15, 0.2) is 114 Å². The molecule has 0 bridgehead atoms. The van der Waals surface area contributed by atoms with Gasteiger partial charge in [0.25, 0.3) is 0 Å². The van der Waals surface area contributed by atoms with Crippen LogP contribution in [0.3, 0.4) is 0 Å². The van der Waals surface area contributed by atoms with Gasteiger partial charge in [-0.1, -0.05) is 89.8 Å². The summed E-state index contributed by atoms with van der Waals surface area (Å²) in [5, 5.41) is 4.54. The van der Waals surface area contributed by atoms with E-state index in [2.05, 4.69) is 54.6 Å². The van der Waals surface area contributed by atoms with Gasteiger partial charge in [0, 0.05) is 47.6 Å². The molecular formula is C39H18B5N3OS. The van der Waals surface area contributed by atoms with E-state index >= 15 is 0 Å². The van der Waals surface area contributed by atoms with Crippen LogP contribution < -0.4 is 27.3 Å². The van der Waals surface area contributed by atoms with Gasteiger partial charge >= 0.3 is 0 Å². The molecule has 0 N–H and O–H groups in total. The summed E-state index contributed by atoms with van der Waals surface area (Å²) in [6.45, 7) is 0. The highest BCUT2D eigenvalue weighted by molar-refractivity contribution is 7.26. The summed E-state index contributed by atoms with van der Waals surface area (Å²) in [4.78, 5) is 14.4. The van der Waals surface area contributed by atoms with E-state index in [1.807, 2.05) is 65.9 Å². The van der Waals surface area contributed by atoms with Crippen molar-refractivity contribution in [2.45, 2.75) is 0 Å². The molecule has 0 aliphatic rings. The molecule has 0 fully saturated rings. The minimum Gasteiger partial charge on any atom is -0.456 e. The van der Waals surface area contributed by atoms with Crippen molar-refractivity contribution < 1.29 is 4.42 Å². The molecule has 4 nitrogen and oxygen atoms in total. The summed E-state index contributed by atoms with van der Waals surface area (Å²) in [6.07, 6.45) is 0. The molecule has 3 heterocycles. The SMILES string of the molecule is [B]c1c([B])c([B])c(-c2nc(-c3ccccc3)nc(-c3ccc4c(c3)oc3ccc(-c5cccc6c5sc5ccccc56)cc34)n2)c([B])c1[B]. The van der Waals surface area contributed by atoms with E-state index in [-0.39, 0.29) is 33.1 Å². The maximum absolute atomic E-state index is 6.43. The average Bonchev–Trinajstić information content (AvgIpc) is 3.71. The lowest BCUT2D eigenvalue weighted by Gasteiger charge is -2.20. The van der Waals surface area contributed by atoms with Gasteiger partial charge in [0.15, 0.2) is 17.5 Å². The van der Waals surface area contributed by atoms with Gasteiger partial charge in [0.05, 0.1) is 0 Å². The zero-order chi connectivity index (χ0) is 33.4. The first-order valence-corrected chi connectivity index (χ1v) is 16.4. The molecule has 0 atom stereocenters. The fourth-order valence-electron chi connectivity index (χ4n) is 6.48. The van der Waals surface area contributed by atoms with E-state index in [0.29, 0.717) is 22.8 Å². The molecule has 9 aromatic rings. The van der Waals surface area contributed by atoms with Crippen LogP contribution in [0.25, 0.3) is 87.4 Å². The second-order valence-corrected chi connectivity index (χ2v) is 13.0. The van der Waals surface area contributed by atoms with Gasteiger partial charge in [0.2, 0.25) is 0 Å². The van der Waals surface area contributed by atoms with Gasteiger partial charge in [0.1, 0.15) is 50.4 Å². The number of benzene rings is 6. The van der Waals surface area contributed by atoms with Crippen LogP contribution in [0.4, 0.5) is 0 Å². The van der Waals surface area contributed by atoms with E-state index in [9.17, 15) is 0 Å². The largest absolute Gasteiger partial charge is 0.456 e. The van der Waals surface area contributed by atoms with Gasteiger partial charge in [-0.05, 0) is 41.5 Å². The lowest BCUT2D eigenvalue weighted by atomic mass is 9.60. The Bertz CT molecular complexity index is 2770. The number of aromatic nitrogens is 3. The summed E-state index contributed by atoms with van der Waals surface area (Å²) >= 11 is 1.82. The van der Waals surface area contributed by atoms with Crippen molar-refractivity contribution >= 4 is 120 Å². The molecule has 10 radical (unpaired) electrons. The number of fused-ring (bicyclic) bond motifs is 6. The predicted octanol–water partition coefficient (Wildman–Crippen LogP) is 4.78. The van der Waals surface area contributed by atoms with Gasteiger partial charge in [-0.2, -0.15) is 0 Å². The van der Waals surface area contributed by atoms with Crippen molar-refractivity contribution in [1.82, 2.24) is 15.0 Å². The molecule has 0 saturated heterocycles. The van der Waals surface area contributed by atoms with Crippen LogP contribution in [0.2, 0.25) is 0 Å². The first-order valence-electron chi connectivity index (χ1n) is 15.6. The van der Waals surface area contributed by atoms with E-state index in [1.165, 1.54) is 25.7 Å². The Morgan fingerprint density at radius 2 is 1.10 bits per heavy atom. The molecule has 0 saturated carbocycles. The van der Waals surface area contributed by atoms with Gasteiger partial charge in [-0.25, -0.2) is 15.0 Å². The molecule has 3 aromatic heterocycles. The second kappa shape index (κ2) is 11.4.